The highest BCUT2D eigenvalue weighted by Gasteiger charge is 1.96. The number of hydrogen-bond donors (Lipinski definition) is 0. The molecule has 106 valence electrons. The third-order valence-corrected chi connectivity index (χ3v) is 3.36. The molecule has 0 radical (unpaired) electrons. The second-order valence-electron chi connectivity index (χ2n) is 4.38. The Kier molecular flexibility index (Phi) is 5.93. The van der Waals surface area contributed by atoms with Gasteiger partial charge in [-0.25, -0.2) is 0 Å². The normalized spacial score (nSPS) is 9.57. The zero-order chi connectivity index (χ0) is 14.9. The summed E-state index contributed by atoms with van der Waals surface area (Å²) in [5, 5.41) is 0.0873. The topological polar surface area (TPSA) is 26.3 Å². The molecule has 0 fully saturated rings. The molecule has 2 nitrogen and oxygen atoms in total. The number of rotatable bonds is 4. The molecule has 0 saturated heterocycles. The third kappa shape index (κ3) is 5.76. The standard InChI is InChI=1S/C18H16O2S/c1-15(19)21-12-6-10-16-9-5-11-18(13-16)20-14-17-7-3-2-4-8-17/h2-5,7-9,11,13H,12,14H2,1H3. The first-order valence-electron chi connectivity index (χ1n) is 6.63. The molecular weight excluding hydrogens is 280 g/mol. The van der Waals surface area contributed by atoms with Gasteiger partial charge in [0.15, 0.2) is 5.12 Å². The lowest BCUT2D eigenvalue weighted by atomic mass is 10.2. The lowest BCUT2D eigenvalue weighted by Gasteiger charge is -2.06. The van der Waals surface area contributed by atoms with E-state index < -0.39 is 0 Å². The number of thioether (sulfide) groups is 1. The number of carbonyl (C=O) groups excluding carboxylic acids is 1. The summed E-state index contributed by atoms with van der Waals surface area (Å²) < 4.78 is 5.75. The van der Waals surface area contributed by atoms with Crippen LogP contribution in [0.1, 0.15) is 18.1 Å². The van der Waals surface area contributed by atoms with Crippen molar-refractivity contribution < 1.29 is 9.53 Å². The number of hydrogen-bond acceptors (Lipinski definition) is 3. The van der Waals surface area contributed by atoms with Crippen LogP contribution in [0, 0.1) is 11.8 Å². The highest BCUT2D eigenvalue weighted by atomic mass is 32.2. The van der Waals surface area contributed by atoms with Gasteiger partial charge in [0.2, 0.25) is 0 Å². The summed E-state index contributed by atoms with van der Waals surface area (Å²) in [4.78, 5) is 10.8. The van der Waals surface area contributed by atoms with Crippen LogP contribution in [0.15, 0.2) is 54.6 Å². The van der Waals surface area contributed by atoms with Crippen LogP contribution in [0.5, 0.6) is 5.75 Å². The molecule has 0 amide bonds. The monoisotopic (exact) mass is 296 g/mol. The van der Waals surface area contributed by atoms with Crippen molar-refractivity contribution in [3.8, 4) is 17.6 Å². The van der Waals surface area contributed by atoms with Crippen LogP contribution >= 0.6 is 11.8 Å². The molecule has 21 heavy (non-hydrogen) atoms. The average molecular weight is 296 g/mol. The van der Waals surface area contributed by atoms with Gasteiger partial charge in [-0.2, -0.15) is 0 Å². The minimum Gasteiger partial charge on any atom is -0.489 e. The van der Waals surface area contributed by atoms with E-state index in [0.717, 1.165) is 16.9 Å². The van der Waals surface area contributed by atoms with Gasteiger partial charge in [-0.05, 0) is 23.8 Å². The van der Waals surface area contributed by atoms with Gasteiger partial charge in [0, 0.05) is 12.5 Å². The fourth-order valence-electron chi connectivity index (χ4n) is 1.68. The van der Waals surface area contributed by atoms with Gasteiger partial charge in [0.25, 0.3) is 0 Å². The number of benzene rings is 2. The van der Waals surface area contributed by atoms with Crippen LogP contribution in [0.25, 0.3) is 0 Å². The Morgan fingerprint density at radius 1 is 1.14 bits per heavy atom. The maximum Gasteiger partial charge on any atom is 0.186 e. The molecule has 0 bridgehead atoms. The van der Waals surface area contributed by atoms with Crippen LogP contribution in [0.3, 0.4) is 0 Å². The van der Waals surface area contributed by atoms with Gasteiger partial charge in [-0.15, -0.1) is 0 Å². The largest absolute Gasteiger partial charge is 0.489 e. The van der Waals surface area contributed by atoms with E-state index in [0.29, 0.717) is 12.4 Å². The van der Waals surface area contributed by atoms with E-state index in [4.69, 9.17) is 4.74 Å². The van der Waals surface area contributed by atoms with E-state index in [1.807, 2.05) is 54.6 Å². The first-order chi connectivity index (χ1) is 10.2. The van der Waals surface area contributed by atoms with Crippen LogP contribution in [0.2, 0.25) is 0 Å². The smallest absolute Gasteiger partial charge is 0.186 e. The molecule has 0 aromatic heterocycles. The van der Waals surface area contributed by atoms with E-state index in [1.54, 1.807) is 6.92 Å². The lowest BCUT2D eigenvalue weighted by Crippen LogP contribution is -1.95. The van der Waals surface area contributed by atoms with Gasteiger partial charge in [0.1, 0.15) is 12.4 Å². The summed E-state index contributed by atoms with van der Waals surface area (Å²) >= 11 is 1.22. The molecule has 0 N–H and O–H groups in total. The van der Waals surface area contributed by atoms with Crippen LogP contribution in [-0.2, 0) is 11.4 Å². The van der Waals surface area contributed by atoms with Crippen molar-refractivity contribution in [2.24, 2.45) is 0 Å². The highest BCUT2D eigenvalue weighted by Crippen LogP contribution is 2.14. The zero-order valence-electron chi connectivity index (χ0n) is 11.8. The Balaban J connectivity index is 1.93. The van der Waals surface area contributed by atoms with E-state index in [1.165, 1.54) is 11.8 Å². The second kappa shape index (κ2) is 8.18. The summed E-state index contributed by atoms with van der Waals surface area (Å²) in [6.45, 7) is 2.09. The molecule has 0 saturated carbocycles. The molecule has 3 heteroatoms. The summed E-state index contributed by atoms with van der Waals surface area (Å²) in [6, 6.07) is 17.7. The molecule has 0 aliphatic rings. The molecular formula is C18H16O2S. The average Bonchev–Trinajstić information content (AvgIpc) is 2.51. The molecule has 0 unspecified atom stereocenters. The molecule has 0 spiro atoms. The van der Waals surface area contributed by atoms with Crippen LogP contribution in [0.4, 0.5) is 0 Å². The quantitative estimate of drug-likeness (QED) is 0.801. The molecule has 2 aromatic rings. The summed E-state index contributed by atoms with van der Waals surface area (Å²) in [7, 11) is 0. The highest BCUT2D eigenvalue weighted by molar-refractivity contribution is 8.13. The Morgan fingerprint density at radius 2 is 1.95 bits per heavy atom. The molecule has 0 aliphatic heterocycles. The van der Waals surface area contributed by atoms with Gasteiger partial charge in [-0.1, -0.05) is 60.0 Å². The fourth-order valence-corrected chi connectivity index (χ4v) is 2.03. The van der Waals surface area contributed by atoms with E-state index >= 15 is 0 Å². The first kappa shape index (κ1) is 15.2. The van der Waals surface area contributed by atoms with Crippen molar-refractivity contribution in [3.63, 3.8) is 0 Å². The Hall–Kier alpha value is -2.18. The molecule has 0 heterocycles. The Morgan fingerprint density at radius 3 is 2.71 bits per heavy atom. The van der Waals surface area contributed by atoms with Crippen molar-refractivity contribution in [2.45, 2.75) is 13.5 Å². The van der Waals surface area contributed by atoms with Crippen LogP contribution < -0.4 is 4.74 Å². The van der Waals surface area contributed by atoms with Gasteiger partial charge < -0.3 is 4.74 Å². The van der Waals surface area contributed by atoms with Gasteiger partial charge in [0.05, 0.1) is 5.75 Å². The molecule has 2 aromatic carbocycles. The van der Waals surface area contributed by atoms with Crippen molar-refractivity contribution in [1.29, 1.82) is 0 Å². The van der Waals surface area contributed by atoms with Gasteiger partial charge >= 0.3 is 0 Å². The second-order valence-corrected chi connectivity index (χ2v) is 5.54. The van der Waals surface area contributed by atoms with Gasteiger partial charge in [-0.3, -0.25) is 4.79 Å². The lowest BCUT2D eigenvalue weighted by molar-refractivity contribution is -0.109. The molecule has 0 aliphatic carbocycles. The predicted octanol–water partition coefficient (Wildman–Crippen LogP) is 3.90. The van der Waals surface area contributed by atoms with Crippen molar-refractivity contribution in [2.75, 3.05) is 5.75 Å². The van der Waals surface area contributed by atoms with E-state index in [9.17, 15) is 4.79 Å². The number of carbonyl (C=O) groups is 1. The predicted molar refractivity (Wildman–Crippen MR) is 87.2 cm³/mol. The van der Waals surface area contributed by atoms with E-state index in [-0.39, 0.29) is 5.12 Å². The maximum absolute atomic E-state index is 10.8. The van der Waals surface area contributed by atoms with E-state index in [2.05, 4.69) is 11.8 Å². The third-order valence-electron chi connectivity index (χ3n) is 2.66. The Labute approximate surface area is 129 Å². The maximum atomic E-state index is 10.8. The zero-order valence-corrected chi connectivity index (χ0v) is 12.7. The Bertz CT molecular complexity index is 654. The summed E-state index contributed by atoms with van der Waals surface area (Å²) in [5.74, 6) is 7.32. The number of ether oxygens (including phenoxy) is 1. The molecule has 0 atom stereocenters. The minimum atomic E-state index is 0.0873. The van der Waals surface area contributed by atoms with Crippen molar-refractivity contribution in [3.05, 3.63) is 65.7 Å². The summed E-state index contributed by atoms with van der Waals surface area (Å²) in [5.41, 5.74) is 2.02. The van der Waals surface area contributed by atoms with Crippen LogP contribution in [-0.4, -0.2) is 10.9 Å². The SMILES string of the molecule is CC(=O)SCC#Cc1cccc(OCc2ccccc2)c1. The molecule has 2 rings (SSSR count). The first-order valence-corrected chi connectivity index (χ1v) is 7.61. The summed E-state index contributed by atoms with van der Waals surface area (Å²) in [6.07, 6.45) is 0. The van der Waals surface area contributed by atoms with Crippen molar-refractivity contribution >= 4 is 16.9 Å². The minimum absolute atomic E-state index is 0.0873. The van der Waals surface area contributed by atoms with Crippen molar-refractivity contribution in [1.82, 2.24) is 0 Å². The fraction of sp³-hybridized carbons (Fsp3) is 0.167.